The van der Waals surface area contributed by atoms with Crippen LogP contribution >= 0.6 is 0 Å². The van der Waals surface area contributed by atoms with Gasteiger partial charge in [-0.2, -0.15) is 0 Å². The van der Waals surface area contributed by atoms with Crippen LogP contribution in [-0.4, -0.2) is 23.3 Å². The summed E-state index contributed by atoms with van der Waals surface area (Å²) in [7, 11) is 1.88. The first kappa shape index (κ1) is 14.0. The summed E-state index contributed by atoms with van der Waals surface area (Å²) in [5, 5.41) is 15.6. The van der Waals surface area contributed by atoms with E-state index in [4.69, 9.17) is 4.42 Å². The molecule has 0 aliphatic carbocycles. The molecule has 1 atom stereocenters. The van der Waals surface area contributed by atoms with Gasteiger partial charge in [-0.3, -0.25) is 5.32 Å². The number of aromatic nitrogens is 2. The van der Waals surface area contributed by atoms with Crippen LogP contribution in [0.5, 0.6) is 0 Å². The lowest BCUT2D eigenvalue weighted by Gasteiger charge is -2.12. The number of aryl methyl sites for hydroxylation is 1. The molecule has 2 rings (SSSR count). The van der Waals surface area contributed by atoms with Gasteiger partial charge in [0.2, 0.25) is 5.89 Å². The molecule has 0 aliphatic rings. The van der Waals surface area contributed by atoms with E-state index in [1.54, 1.807) is 6.92 Å². The Morgan fingerprint density at radius 2 is 2.10 bits per heavy atom. The first-order chi connectivity index (χ1) is 9.58. The van der Waals surface area contributed by atoms with Crippen LogP contribution in [0.3, 0.4) is 0 Å². The fourth-order valence-corrected chi connectivity index (χ4v) is 1.66. The predicted molar refractivity (Wildman–Crippen MR) is 75.6 cm³/mol. The second kappa shape index (κ2) is 6.16. The molecule has 1 heterocycles. The Kier molecular flexibility index (Phi) is 4.31. The number of benzene rings is 1. The second-order valence-corrected chi connectivity index (χ2v) is 4.34. The molecular weight excluding hydrogens is 258 g/mol. The van der Waals surface area contributed by atoms with E-state index >= 15 is 0 Å². The van der Waals surface area contributed by atoms with Crippen LogP contribution in [-0.2, 0) is 0 Å². The number of hydrogen-bond donors (Lipinski definition) is 3. The highest BCUT2D eigenvalue weighted by atomic mass is 16.4. The van der Waals surface area contributed by atoms with E-state index in [1.165, 1.54) is 0 Å². The lowest BCUT2D eigenvalue weighted by Crippen LogP contribution is -2.20. The van der Waals surface area contributed by atoms with E-state index in [0.29, 0.717) is 11.6 Å². The van der Waals surface area contributed by atoms with Gasteiger partial charge in [-0.15, -0.1) is 5.10 Å². The summed E-state index contributed by atoms with van der Waals surface area (Å²) in [6.45, 7) is 3.69. The Hall–Kier alpha value is -2.41. The zero-order valence-electron chi connectivity index (χ0n) is 11.6. The van der Waals surface area contributed by atoms with Crippen molar-refractivity contribution in [3.8, 4) is 0 Å². The Bertz CT molecular complexity index is 596. The number of nitrogens with one attached hydrogen (secondary N) is 3. The van der Waals surface area contributed by atoms with Crippen molar-refractivity contribution in [2.75, 3.05) is 17.7 Å². The van der Waals surface area contributed by atoms with Gasteiger partial charge < -0.3 is 15.1 Å². The Morgan fingerprint density at radius 1 is 1.30 bits per heavy atom. The minimum atomic E-state index is -0.428. The molecule has 0 spiro atoms. The van der Waals surface area contributed by atoms with Gasteiger partial charge in [0.1, 0.15) is 0 Å². The van der Waals surface area contributed by atoms with E-state index in [1.807, 2.05) is 38.2 Å². The van der Waals surface area contributed by atoms with Crippen molar-refractivity contribution in [3.63, 3.8) is 0 Å². The predicted octanol–water partition coefficient (Wildman–Crippen LogP) is 2.30. The van der Waals surface area contributed by atoms with Gasteiger partial charge in [0.05, 0.1) is 0 Å². The summed E-state index contributed by atoms with van der Waals surface area (Å²) in [5.74, 6) is 0.394. The number of carbonyl (C=O) groups is 1. The van der Waals surface area contributed by atoms with Crippen LogP contribution in [0.2, 0.25) is 0 Å². The topological polar surface area (TPSA) is 92.1 Å². The highest BCUT2D eigenvalue weighted by Crippen LogP contribution is 2.17. The lowest BCUT2D eigenvalue weighted by atomic mass is 10.1. The van der Waals surface area contributed by atoms with Crippen LogP contribution < -0.4 is 16.0 Å². The molecule has 7 heteroatoms. The molecule has 2 aromatic rings. The average Bonchev–Trinajstić information content (AvgIpc) is 2.83. The summed E-state index contributed by atoms with van der Waals surface area (Å²) < 4.78 is 5.07. The summed E-state index contributed by atoms with van der Waals surface area (Å²) in [6, 6.07) is 7.44. The Morgan fingerprint density at radius 3 is 2.75 bits per heavy atom. The van der Waals surface area contributed by atoms with E-state index in [0.717, 1.165) is 5.56 Å². The van der Waals surface area contributed by atoms with Gasteiger partial charge in [-0.25, -0.2) is 4.79 Å². The fourth-order valence-electron chi connectivity index (χ4n) is 1.66. The maximum atomic E-state index is 11.8. The maximum Gasteiger partial charge on any atom is 0.327 e. The largest absolute Gasteiger partial charge is 0.408 e. The number of nitrogens with zero attached hydrogens (tertiary/aromatic N) is 2. The van der Waals surface area contributed by atoms with Crippen LogP contribution in [0.15, 0.2) is 28.7 Å². The van der Waals surface area contributed by atoms with E-state index in [-0.39, 0.29) is 12.1 Å². The van der Waals surface area contributed by atoms with E-state index in [9.17, 15) is 4.79 Å². The number of rotatable bonds is 4. The molecule has 0 radical (unpaired) electrons. The molecule has 7 nitrogen and oxygen atoms in total. The van der Waals surface area contributed by atoms with E-state index in [2.05, 4.69) is 26.1 Å². The van der Waals surface area contributed by atoms with Crippen LogP contribution in [0.1, 0.15) is 24.4 Å². The molecule has 0 saturated heterocycles. The van der Waals surface area contributed by atoms with Crippen molar-refractivity contribution < 1.29 is 9.21 Å². The van der Waals surface area contributed by atoms with Crippen molar-refractivity contribution in [1.29, 1.82) is 0 Å². The number of carbonyl (C=O) groups excluding carboxylic acids is 1. The summed E-state index contributed by atoms with van der Waals surface area (Å²) >= 11 is 0. The highest BCUT2D eigenvalue weighted by Gasteiger charge is 2.09. The third-order valence-electron chi connectivity index (χ3n) is 2.82. The number of anilines is 2. The van der Waals surface area contributed by atoms with Crippen molar-refractivity contribution in [2.45, 2.75) is 19.9 Å². The fraction of sp³-hybridized carbons (Fsp3) is 0.308. The minimum absolute atomic E-state index is 0.0692. The molecule has 106 valence electrons. The van der Waals surface area contributed by atoms with Crippen molar-refractivity contribution in [1.82, 2.24) is 15.5 Å². The first-order valence-electron chi connectivity index (χ1n) is 6.24. The normalized spacial score (nSPS) is 11.9. The number of urea groups is 1. The third-order valence-corrected chi connectivity index (χ3v) is 2.82. The second-order valence-electron chi connectivity index (χ2n) is 4.34. The highest BCUT2D eigenvalue weighted by molar-refractivity contribution is 5.98. The molecule has 1 unspecified atom stereocenters. The molecular formula is C13H17N5O2. The molecule has 0 fully saturated rings. The quantitative estimate of drug-likeness (QED) is 0.796. The van der Waals surface area contributed by atoms with Gasteiger partial charge in [0.25, 0.3) is 0 Å². The van der Waals surface area contributed by atoms with Crippen molar-refractivity contribution in [2.24, 2.45) is 0 Å². The number of hydrogen-bond acceptors (Lipinski definition) is 5. The molecule has 3 N–H and O–H groups in total. The van der Waals surface area contributed by atoms with Gasteiger partial charge in [0, 0.05) is 18.7 Å². The summed E-state index contributed by atoms with van der Waals surface area (Å²) in [5.41, 5.74) is 1.78. The number of amides is 2. The molecule has 0 aliphatic heterocycles. The molecule has 1 aromatic heterocycles. The summed E-state index contributed by atoms with van der Waals surface area (Å²) in [4.78, 5) is 11.8. The van der Waals surface area contributed by atoms with Gasteiger partial charge >= 0.3 is 12.0 Å². The van der Waals surface area contributed by atoms with Gasteiger partial charge in [-0.05, 0) is 31.7 Å². The maximum absolute atomic E-state index is 11.8. The van der Waals surface area contributed by atoms with Gasteiger partial charge in [-0.1, -0.05) is 17.2 Å². The zero-order valence-corrected chi connectivity index (χ0v) is 11.6. The molecule has 2 amide bonds. The van der Waals surface area contributed by atoms with Crippen molar-refractivity contribution >= 4 is 17.7 Å². The Labute approximate surface area is 116 Å². The summed E-state index contributed by atoms with van der Waals surface area (Å²) in [6.07, 6.45) is 0. The molecule has 0 bridgehead atoms. The smallest absolute Gasteiger partial charge is 0.327 e. The SMILES string of the molecule is CNC(C)c1cccc(NC(=O)Nc2nnc(C)o2)c1. The Balaban J connectivity index is 2.00. The van der Waals surface area contributed by atoms with Crippen LogP contribution in [0.4, 0.5) is 16.5 Å². The molecule has 0 saturated carbocycles. The monoisotopic (exact) mass is 275 g/mol. The average molecular weight is 275 g/mol. The van der Waals surface area contributed by atoms with Crippen LogP contribution in [0.25, 0.3) is 0 Å². The zero-order chi connectivity index (χ0) is 14.5. The standard InChI is InChI=1S/C13H17N5O2/c1-8(14-3)10-5-4-6-11(7-10)15-12(19)16-13-18-17-9(2)20-13/h4-8,14H,1-3H3,(H2,15,16,18,19). The minimum Gasteiger partial charge on any atom is -0.408 e. The lowest BCUT2D eigenvalue weighted by molar-refractivity contribution is 0.261. The van der Waals surface area contributed by atoms with Gasteiger partial charge in [0.15, 0.2) is 0 Å². The first-order valence-corrected chi connectivity index (χ1v) is 6.24. The van der Waals surface area contributed by atoms with Crippen molar-refractivity contribution in [3.05, 3.63) is 35.7 Å². The molecule has 1 aromatic carbocycles. The van der Waals surface area contributed by atoms with E-state index < -0.39 is 6.03 Å². The third kappa shape index (κ3) is 3.55. The molecule has 20 heavy (non-hydrogen) atoms. The van der Waals surface area contributed by atoms with Crippen LogP contribution in [0, 0.1) is 6.92 Å².